The molecule has 1 unspecified atom stereocenters. The number of anilines is 1. The number of amides is 1. The highest BCUT2D eigenvalue weighted by Crippen LogP contribution is 2.32. The summed E-state index contributed by atoms with van der Waals surface area (Å²) in [4.78, 5) is 12.5. The molecule has 3 rings (SSSR count). The maximum absolute atomic E-state index is 12.9. The first kappa shape index (κ1) is 21.6. The van der Waals surface area contributed by atoms with Crippen LogP contribution in [0, 0.1) is 6.92 Å². The number of benzene rings is 2. The summed E-state index contributed by atoms with van der Waals surface area (Å²) < 4.78 is 45.4. The Labute approximate surface area is 174 Å². The highest BCUT2D eigenvalue weighted by Gasteiger charge is 2.30. The summed E-state index contributed by atoms with van der Waals surface area (Å²) in [6.45, 7) is 3.52. The van der Waals surface area contributed by atoms with Crippen molar-refractivity contribution in [2.75, 3.05) is 12.4 Å². The summed E-state index contributed by atoms with van der Waals surface area (Å²) in [7, 11) is 1.52. The molecule has 0 aliphatic heterocycles. The third kappa shape index (κ3) is 4.90. The van der Waals surface area contributed by atoms with Crippen LogP contribution >= 0.6 is 11.8 Å². The summed E-state index contributed by atoms with van der Waals surface area (Å²) in [5.74, 6) is 0.0703. The SMILES string of the molecule is COc1ccc(C)cc1-n1nnnc1SC(C)C(=O)Nc1cccc(C(F)(F)F)c1. The summed E-state index contributed by atoms with van der Waals surface area (Å²) in [5.41, 5.74) is 0.793. The van der Waals surface area contributed by atoms with E-state index in [1.54, 1.807) is 13.0 Å². The molecular weight excluding hydrogens is 419 g/mol. The molecular formula is C19H18F3N5O2S. The number of nitrogens with one attached hydrogen (secondary N) is 1. The zero-order chi connectivity index (χ0) is 21.9. The zero-order valence-corrected chi connectivity index (χ0v) is 17.1. The normalized spacial score (nSPS) is 12.5. The van der Waals surface area contributed by atoms with Crippen molar-refractivity contribution >= 4 is 23.4 Å². The van der Waals surface area contributed by atoms with Gasteiger partial charge >= 0.3 is 6.18 Å². The molecule has 0 saturated carbocycles. The number of alkyl halides is 3. The molecule has 0 saturated heterocycles. The van der Waals surface area contributed by atoms with E-state index in [9.17, 15) is 18.0 Å². The lowest BCUT2D eigenvalue weighted by molar-refractivity contribution is -0.137. The molecule has 0 radical (unpaired) electrons. The second-order valence-corrected chi connectivity index (χ2v) is 7.68. The van der Waals surface area contributed by atoms with Crippen molar-refractivity contribution in [2.24, 2.45) is 0 Å². The highest BCUT2D eigenvalue weighted by atomic mass is 32.2. The fourth-order valence-electron chi connectivity index (χ4n) is 2.60. The molecule has 0 fully saturated rings. The number of ether oxygens (including phenoxy) is 1. The van der Waals surface area contributed by atoms with E-state index in [1.807, 2.05) is 19.1 Å². The Morgan fingerprint density at radius 2 is 2.00 bits per heavy atom. The number of methoxy groups -OCH3 is 1. The largest absolute Gasteiger partial charge is 0.494 e. The summed E-state index contributed by atoms with van der Waals surface area (Å²) in [6, 6.07) is 9.96. The van der Waals surface area contributed by atoms with Crippen molar-refractivity contribution in [3.63, 3.8) is 0 Å². The second-order valence-electron chi connectivity index (χ2n) is 6.38. The summed E-state index contributed by atoms with van der Waals surface area (Å²) in [6.07, 6.45) is -4.49. The Bertz CT molecular complexity index is 1050. The van der Waals surface area contributed by atoms with E-state index in [4.69, 9.17) is 4.74 Å². The molecule has 11 heteroatoms. The van der Waals surface area contributed by atoms with Gasteiger partial charge in [0, 0.05) is 5.69 Å². The van der Waals surface area contributed by atoms with E-state index in [0.717, 1.165) is 29.5 Å². The molecule has 0 aliphatic rings. The van der Waals surface area contributed by atoms with Gasteiger partial charge < -0.3 is 10.1 Å². The number of carbonyl (C=O) groups excluding carboxylic acids is 1. The van der Waals surface area contributed by atoms with Crippen LogP contribution in [0.3, 0.4) is 0 Å². The maximum atomic E-state index is 12.9. The van der Waals surface area contributed by atoms with Gasteiger partial charge in [-0.25, -0.2) is 0 Å². The van der Waals surface area contributed by atoms with Crippen molar-refractivity contribution in [3.8, 4) is 11.4 Å². The second kappa shape index (κ2) is 8.74. The lowest BCUT2D eigenvalue weighted by Crippen LogP contribution is -2.23. The third-order valence-corrected chi connectivity index (χ3v) is 5.15. The average molecular weight is 437 g/mol. The Hall–Kier alpha value is -3.08. The van der Waals surface area contributed by atoms with Crippen molar-refractivity contribution in [2.45, 2.75) is 30.4 Å². The van der Waals surface area contributed by atoms with Gasteiger partial charge in [0.25, 0.3) is 0 Å². The molecule has 7 nitrogen and oxygen atoms in total. The Kier molecular flexibility index (Phi) is 6.30. The Balaban J connectivity index is 1.77. The van der Waals surface area contributed by atoms with Crippen LogP contribution in [0.4, 0.5) is 18.9 Å². The molecule has 1 N–H and O–H groups in total. The standard InChI is InChI=1S/C19H18F3N5O2S/c1-11-7-8-16(29-3)15(9-11)27-18(24-25-26-27)30-12(2)17(28)23-14-6-4-5-13(10-14)19(20,21)22/h4-10,12H,1-3H3,(H,23,28). The number of aryl methyl sites for hydroxylation is 1. The van der Waals surface area contributed by atoms with Crippen LogP contribution in [0.1, 0.15) is 18.1 Å². The number of rotatable bonds is 6. The average Bonchev–Trinajstić information content (AvgIpc) is 3.15. The number of thioether (sulfide) groups is 1. The van der Waals surface area contributed by atoms with Crippen molar-refractivity contribution in [3.05, 3.63) is 53.6 Å². The van der Waals surface area contributed by atoms with E-state index in [-0.39, 0.29) is 5.69 Å². The summed E-state index contributed by atoms with van der Waals surface area (Å²) >= 11 is 1.07. The first-order valence-corrected chi connectivity index (χ1v) is 9.65. The third-order valence-electron chi connectivity index (χ3n) is 4.11. The number of tetrazole rings is 1. The number of hydrogen-bond acceptors (Lipinski definition) is 6. The Morgan fingerprint density at radius 1 is 1.23 bits per heavy atom. The predicted octanol–water partition coefficient (Wildman–Crippen LogP) is 4.12. The van der Waals surface area contributed by atoms with Crippen LogP contribution in [-0.2, 0) is 11.0 Å². The molecule has 3 aromatic rings. The number of nitrogens with zero attached hydrogens (tertiary/aromatic N) is 4. The van der Waals surface area contributed by atoms with Gasteiger partial charge in [0.1, 0.15) is 11.4 Å². The van der Waals surface area contributed by atoms with E-state index in [1.165, 1.54) is 23.9 Å². The van der Waals surface area contributed by atoms with Crippen molar-refractivity contribution < 1.29 is 22.7 Å². The molecule has 0 aliphatic carbocycles. The van der Waals surface area contributed by atoms with Crippen LogP contribution in [0.2, 0.25) is 0 Å². The van der Waals surface area contributed by atoms with Gasteiger partial charge in [0.2, 0.25) is 11.1 Å². The zero-order valence-electron chi connectivity index (χ0n) is 16.3. The van der Waals surface area contributed by atoms with Gasteiger partial charge in [0.05, 0.1) is 17.9 Å². The smallest absolute Gasteiger partial charge is 0.416 e. The van der Waals surface area contributed by atoms with Crippen molar-refractivity contribution in [1.82, 2.24) is 20.2 Å². The fraction of sp³-hybridized carbons (Fsp3) is 0.263. The lowest BCUT2D eigenvalue weighted by Gasteiger charge is -2.14. The molecule has 30 heavy (non-hydrogen) atoms. The minimum absolute atomic E-state index is 0.0576. The minimum Gasteiger partial charge on any atom is -0.494 e. The molecule has 1 heterocycles. The van der Waals surface area contributed by atoms with Crippen molar-refractivity contribution in [1.29, 1.82) is 0 Å². The first-order valence-electron chi connectivity index (χ1n) is 8.77. The highest BCUT2D eigenvalue weighted by molar-refractivity contribution is 8.00. The van der Waals surface area contributed by atoms with E-state index < -0.39 is 22.9 Å². The quantitative estimate of drug-likeness (QED) is 0.585. The maximum Gasteiger partial charge on any atom is 0.416 e. The fourth-order valence-corrected chi connectivity index (χ4v) is 3.40. The molecule has 1 atom stereocenters. The monoisotopic (exact) mass is 437 g/mol. The van der Waals surface area contributed by atoms with E-state index in [0.29, 0.717) is 16.6 Å². The van der Waals surface area contributed by atoms with E-state index >= 15 is 0 Å². The van der Waals surface area contributed by atoms with Crippen LogP contribution in [0.5, 0.6) is 5.75 Å². The van der Waals surface area contributed by atoms with Gasteiger partial charge in [0.15, 0.2) is 0 Å². The minimum atomic E-state index is -4.49. The molecule has 0 bridgehead atoms. The van der Waals surface area contributed by atoms with E-state index in [2.05, 4.69) is 20.8 Å². The lowest BCUT2D eigenvalue weighted by atomic mass is 10.2. The Morgan fingerprint density at radius 3 is 2.70 bits per heavy atom. The van der Waals surface area contributed by atoms with Gasteiger partial charge in [-0.15, -0.1) is 5.10 Å². The number of hydrogen-bond donors (Lipinski definition) is 1. The molecule has 1 aromatic heterocycles. The molecule has 2 aromatic carbocycles. The molecule has 158 valence electrons. The van der Waals surface area contributed by atoms with Crippen LogP contribution in [0.25, 0.3) is 5.69 Å². The van der Waals surface area contributed by atoms with Gasteiger partial charge in [-0.3, -0.25) is 4.79 Å². The summed E-state index contributed by atoms with van der Waals surface area (Å²) in [5, 5.41) is 13.7. The molecule has 0 spiro atoms. The van der Waals surface area contributed by atoms with Gasteiger partial charge in [-0.2, -0.15) is 17.9 Å². The number of halogens is 3. The van der Waals surface area contributed by atoms with Gasteiger partial charge in [-0.1, -0.05) is 23.9 Å². The molecule has 1 amide bonds. The van der Waals surface area contributed by atoms with Crippen LogP contribution in [0.15, 0.2) is 47.6 Å². The first-order chi connectivity index (χ1) is 14.2. The van der Waals surface area contributed by atoms with Gasteiger partial charge in [-0.05, 0) is 60.2 Å². The topological polar surface area (TPSA) is 81.9 Å². The number of carbonyl (C=O) groups is 1. The van der Waals surface area contributed by atoms with Crippen LogP contribution < -0.4 is 10.1 Å². The number of aromatic nitrogens is 4. The van der Waals surface area contributed by atoms with Crippen LogP contribution in [-0.4, -0.2) is 38.5 Å². The predicted molar refractivity (Wildman–Crippen MR) is 106 cm³/mol.